The standard InChI is InChI=1S/C10H11F2NO5S/c1-6(13-10(14)15)19(16,17)8-5-3-2-4-7(8)18-9(11)12/h2-6,9,13H,1H3,(H,14,15). The average Bonchev–Trinajstić information content (AvgIpc) is 2.27. The van der Waals surface area contributed by atoms with Crippen LogP contribution >= 0.6 is 0 Å². The molecule has 0 spiro atoms. The van der Waals surface area contributed by atoms with Gasteiger partial charge in [0.1, 0.15) is 16.0 Å². The number of nitrogens with one attached hydrogen (secondary N) is 1. The molecule has 0 bridgehead atoms. The predicted octanol–water partition coefficient (Wildman–Crippen LogP) is 1.68. The molecule has 1 amide bonds. The molecule has 0 radical (unpaired) electrons. The van der Waals surface area contributed by atoms with Crippen molar-refractivity contribution in [3.8, 4) is 5.75 Å². The normalized spacial score (nSPS) is 13.1. The van der Waals surface area contributed by atoms with Gasteiger partial charge in [-0.15, -0.1) is 0 Å². The Hall–Kier alpha value is -1.90. The zero-order valence-corrected chi connectivity index (χ0v) is 10.5. The number of ether oxygens (including phenoxy) is 1. The van der Waals surface area contributed by atoms with Crippen LogP contribution in [0.25, 0.3) is 0 Å². The van der Waals surface area contributed by atoms with Crippen molar-refractivity contribution in [3.63, 3.8) is 0 Å². The molecule has 0 aromatic heterocycles. The molecule has 0 aliphatic rings. The smallest absolute Gasteiger partial charge is 0.405 e. The molecule has 1 unspecified atom stereocenters. The molecule has 0 aliphatic carbocycles. The number of rotatable bonds is 5. The van der Waals surface area contributed by atoms with Crippen LogP contribution in [0.5, 0.6) is 5.75 Å². The fraction of sp³-hybridized carbons (Fsp3) is 0.300. The van der Waals surface area contributed by atoms with Gasteiger partial charge in [0, 0.05) is 0 Å². The highest BCUT2D eigenvalue weighted by Crippen LogP contribution is 2.27. The molecule has 0 saturated heterocycles. The third-order valence-corrected chi connectivity index (χ3v) is 4.16. The Morgan fingerprint density at radius 1 is 1.37 bits per heavy atom. The second kappa shape index (κ2) is 5.83. The Balaban J connectivity index is 3.17. The van der Waals surface area contributed by atoms with Gasteiger partial charge < -0.3 is 15.2 Å². The summed E-state index contributed by atoms with van der Waals surface area (Å²) in [5.41, 5.74) is 0. The lowest BCUT2D eigenvalue weighted by Crippen LogP contribution is -2.37. The molecule has 2 N–H and O–H groups in total. The molecule has 1 aromatic rings. The topological polar surface area (TPSA) is 92.7 Å². The molecule has 0 fully saturated rings. The number of alkyl halides is 2. The van der Waals surface area contributed by atoms with E-state index >= 15 is 0 Å². The minimum atomic E-state index is -4.16. The Morgan fingerprint density at radius 2 is 1.95 bits per heavy atom. The Bertz CT molecular complexity index is 561. The van der Waals surface area contributed by atoms with E-state index in [1.807, 2.05) is 0 Å². The van der Waals surface area contributed by atoms with Crippen molar-refractivity contribution >= 4 is 15.9 Å². The van der Waals surface area contributed by atoms with E-state index in [2.05, 4.69) is 4.74 Å². The summed E-state index contributed by atoms with van der Waals surface area (Å²) in [7, 11) is -4.16. The number of hydrogen-bond acceptors (Lipinski definition) is 4. The highest BCUT2D eigenvalue weighted by molar-refractivity contribution is 7.92. The third kappa shape index (κ3) is 3.78. The maximum Gasteiger partial charge on any atom is 0.405 e. The molecule has 6 nitrogen and oxygen atoms in total. The molecular formula is C10H11F2NO5S. The van der Waals surface area contributed by atoms with Gasteiger partial charge in [-0.1, -0.05) is 12.1 Å². The van der Waals surface area contributed by atoms with Gasteiger partial charge >= 0.3 is 12.7 Å². The van der Waals surface area contributed by atoms with E-state index in [1.165, 1.54) is 12.1 Å². The number of halogens is 2. The quantitative estimate of drug-likeness (QED) is 0.862. The van der Waals surface area contributed by atoms with E-state index in [1.54, 1.807) is 5.32 Å². The first-order chi connectivity index (χ1) is 8.75. The fourth-order valence-electron chi connectivity index (χ4n) is 1.32. The van der Waals surface area contributed by atoms with Crippen LogP contribution in [0.15, 0.2) is 29.2 Å². The minimum absolute atomic E-state index is 0.503. The van der Waals surface area contributed by atoms with Crippen molar-refractivity contribution in [3.05, 3.63) is 24.3 Å². The molecule has 9 heteroatoms. The molecule has 1 rings (SSSR count). The lowest BCUT2D eigenvalue weighted by molar-refractivity contribution is -0.0517. The van der Waals surface area contributed by atoms with Crippen molar-refractivity contribution in [1.82, 2.24) is 5.32 Å². The van der Waals surface area contributed by atoms with E-state index in [4.69, 9.17) is 5.11 Å². The summed E-state index contributed by atoms with van der Waals surface area (Å²) >= 11 is 0. The van der Waals surface area contributed by atoms with Crippen LogP contribution in [0, 0.1) is 0 Å². The van der Waals surface area contributed by atoms with Crippen molar-refractivity contribution in [2.75, 3.05) is 0 Å². The van der Waals surface area contributed by atoms with Gasteiger partial charge in [0.15, 0.2) is 0 Å². The van der Waals surface area contributed by atoms with Crippen LogP contribution in [0.3, 0.4) is 0 Å². The molecule has 106 valence electrons. The van der Waals surface area contributed by atoms with Crippen LogP contribution in [0.2, 0.25) is 0 Å². The summed E-state index contributed by atoms with van der Waals surface area (Å²) in [6.45, 7) is -2.10. The second-order valence-electron chi connectivity index (χ2n) is 3.46. The van der Waals surface area contributed by atoms with E-state index in [0.717, 1.165) is 19.1 Å². The predicted molar refractivity (Wildman–Crippen MR) is 60.9 cm³/mol. The Labute approximate surface area is 107 Å². The number of hydrogen-bond donors (Lipinski definition) is 2. The number of carboxylic acid groups (broad SMARTS) is 1. The van der Waals surface area contributed by atoms with E-state index in [-0.39, 0.29) is 0 Å². The fourth-order valence-corrected chi connectivity index (χ4v) is 2.62. The highest BCUT2D eigenvalue weighted by atomic mass is 32.2. The number of carbonyl (C=O) groups is 1. The molecule has 0 heterocycles. The molecule has 0 aliphatic heterocycles. The third-order valence-electron chi connectivity index (χ3n) is 2.16. The highest BCUT2D eigenvalue weighted by Gasteiger charge is 2.28. The first-order valence-electron chi connectivity index (χ1n) is 5.02. The Kier molecular flexibility index (Phi) is 4.65. The molecule has 19 heavy (non-hydrogen) atoms. The van der Waals surface area contributed by atoms with Crippen molar-refractivity contribution in [1.29, 1.82) is 0 Å². The minimum Gasteiger partial charge on any atom is -0.465 e. The summed E-state index contributed by atoms with van der Waals surface area (Å²) in [6, 6.07) is 4.77. The van der Waals surface area contributed by atoms with Gasteiger partial charge in [0.05, 0.1) is 0 Å². The number of benzene rings is 1. The van der Waals surface area contributed by atoms with Crippen LogP contribution in [0.1, 0.15) is 6.92 Å². The maximum absolute atomic E-state index is 12.2. The summed E-state index contributed by atoms with van der Waals surface area (Å²) < 4.78 is 52.5. The van der Waals surface area contributed by atoms with Gasteiger partial charge in [-0.05, 0) is 19.1 Å². The first-order valence-corrected chi connectivity index (χ1v) is 6.57. The van der Waals surface area contributed by atoms with Crippen molar-refractivity contribution in [2.45, 2.75) is 23.8 Å². The van der Waals surface area contributed by atoms with Crippen LogP contribution in [-0.2, 0) is 9.84 Å². The molecule has 0 saturated carbocycles. The SMILES string of the molecule is CC(NC(=O)O)S(=O)(=O)c1ccccc1OC(F)F. The maximum atomic E-state index is 12.2. The van der Waals surface area contributed by atoms with E-state index in [9.17, 15) is 22.0 Å². The lowest BCUT2D eigenvalue weighted by Gasteiger charge is -2.15. The monoisotopic (exact) mass is 295 g/mol. The van der Waals surface area contributed by atoms with Gasteiger partial charge in [-0.2, -0.15) is 8.78 Å². The summed E-state index contributed by atoms with van der Waals surface area (Å²) in [5.74, 6) is -0.531. The summed E-state index contributed by atoms with van der Waals surface area (Å²) in [4.78, 5) is 9.92. The molecule has 1 aromatic carbocycles. The van der Waals surface area contributed by atoms with Gasteiger partial charge in [-0.25, -0.2) is 13.2 Å². The molecule has 1 atom stereocenters. The van der Waals surface area contributed by atoms with Crippen molar-refractivity contribution in [2.24, 2.45) is 0 Å². The Morgan fingerprint density at radius 3 is 2.47 bits per heavy atom. The zero-order valence-electron chi connectivity index (χ0n) is 9.71. The summed E-state index contributed by atoms with van der Waals surface area (Å²) in [5, 5.41) is 8.74. The second-order valence-corrected chi connectivity index (χ2v) is 5.70. The van der Waals surface area contributed by atoms with Crippen LogP contribution in [0.4, 0.5) is 13.6 Å². The van der Waals surface area contributed by atoms with Crippen molar-refractivity contribution < 1.29 is 31.8 Å². The number of sulfone groups is 1. The van der Waals surface area contributed by atoms with Gasteiger partial charge in [0.25, 0.3) is 0 Å². The summed E-state index contributed by atoms with van der Waals surface area (Å²) in [6.07, 6.45) is -1.54. The van der Waals surface area contributed by atoms with E-state index < -0.39 is 38.6 Å². The van der Waals surface area contributed by atoms with Crippen LogP contribution < -0.4 is 10.1 Å². The zero-order chi connectivity index (χ0) is 14.6. The lowest BCUT2D eigenvalue weighted by atomic mass is 10.3. The number of para-hydroxylation sites is 1. The first kappa shape index (κ1) is 15.2. The largest absolute Gasteiger partial charge is 0.465 e. The van der Waals surface area contributed by atoms with Gasteiger partial charge in [-0.3, -0.25) is 0 Å². The molecular weight excluding hydrogens is 284 g/mol. The average molecular weight is 295 g/mol. The number of amides is 1. The van der Waals surface area contributed by atoms with E-state index in [0.29, 0.717) is 0 Å². The van der Waals surface area contributed by atoms with Gasteiger partial charge in [0.2, 0.25) is 9.84 Å². The van der Waals surface area contributed by atoms with Crippen LogP contribution in [-0.4, -0.2) is 31.6 Å².